The molecule has 0 saturated carbocycles. The Morgan fingerprint density at radius 3 is 1.75 bits per heavy atom. The summed E-state index contributed by atoms with van der Waals surface area (Å²) < 4.78 is 0. The van der Waals surface area contributed by atoms with Gasteiger partial charge < -0.3 is 0 Å². The normalized spacial score (nSPS) is 16.2. The zero-order valence-corrected chi connectivity index (χ0v) is 24.6. The van der Waals surface area contributed by atoms with E-state index in [4.69, 9.17) is 0 Å². The van der Waals surface area contributed by atoms with Gasteiger partial charge in [0.1, 0.15) is 0 Å². The highest BCUT2D eigenvalue weighted by Crippen LogP contribution is 2.63. The van der Waals surface area contributed by atoms with Gasteiger partial charge in [0.15, 0.2) is 0 Å². The Morgan fingerprint density at radius 1 is 0.477 bits per heavy atom. The highest BCUT2D eigenvalue weighted by atomic mass is 14.5. The molecule has 10 rings (SSSR count). The van der Waals surface area contributed by atoms with Crippen molar-refractivity contribution in [3.8, 4) is 44.5 Å². The summed E-state index contributed by atoms with van der Waals surface area (Å²) in [7, 11) is 0. The Bertz CT molecular complexity index is 2270. The molecule has 0 nitrogen and oxygen atoms in total. The molecule has 1 atom stereocenters. The Hall–Kier alpha value is -5.20. The zero-order valence-electron chi connectivity index (χ0n) is 24.6. The van der Waals surface area contributed by atoms with Crippen LogP contribution in [0.15, 0.2) is 146 Å². The van der Waals surface area contributed by atoms with Crippen molar-refractivity contribution in [3.63, 3.8) is 0 Å². The smallest absolute Gasteiger partial charge is 0.0619 e. The molecule has 1 unspecified atom stereocenters. The van der Waals surface area contributed by atoms with Crippen molar-refractivity contribution in [2.75, 3.05) is 0 Å². The van der Waals surface area contributed by atoms with Gasteiger partial charge in [-0.3, -0.25) is 0 Å². The second-order valence-electron chi connectivity index (χ2n) is 12.9. The summed E-state index contributed by atoms with van der Waals surface area (Å²) in [5, 5.41) is 2.67. The predicted molar refractivity (Wildman–Crippen MR) is 183 cm³/mol. The van der Waals surface area contributed by atoms with Gasteiger partial charge in [0, 0.05) is 0 Å². The molecule has 0 aromatic heterocycles. The summed E-state index contributed by atoms with van der Waals surface area (Å²) in [6.45, 7) is 2.38. The van der Waals surface area contributed by atoms with Gasteiger partial charge in [-0.15, -0.1) is 0 Å². The minimum atomic E-state index is -0.319. The summed E-state index contributed by atoms with van der Waals surface area (Å²) in [6, 6.07) is 55.2. The topological polar surface area (TPSA) is 0 Å². The van der Waals surface area contributed by atoms with Crippen LogP contribution in [-0.4, -0.2) is 0 Å². The molecule has 44 heavy (non-hydrogen) atoms. The summed E-state index contributed by atoms with van der Waals surface area (Å²) in [5.41, 5.74) is 18.9. The average Bonchev–Trinajstić information content (AvgIpc) is 3.55. The largest absolute Gasteiger partial charge is 0.0725 e. The van der Waals surface area contributed by atoms with Gasteiger partial charge in [-0.1, -0.05) is 140 Å². The van der Waals surface area contributed by atoms with Crippen LogP contribution in [0, 0.1) is 0 Å². The summed E-state index contributed by atoms with van der Waals surface area (Å²) in [4.78, 5) is 0. The lowest BCUT2D eigenvalue weighted by atomic mass is 9.70. The van der Waals surface area contributed by atoms with Crippen LogP contribution in [0.2, 0.25) is 0 Å². The second-order valence-corrected chi connectivity index (χ2v) is 12.9. The highest BCUT2D eigenvalue weighted by molar-refractivity contribution is 6.01. The molecular formula is C44H30. The Kier molecular flexibility index (Phi) is 4.79. The zero-order chi connectivity index (χ0) is 29.0. The van der Waals surface area contributed by atoms with Crippen molar-refractivity contribution in [2.45, 2.75) is 24.7 Å². The molecule has 0 saturated heterocycles. The van der Waals surface area contributed by atoms with Crippen LogP contribution in [0.25, 0.3) is 55.3 Å². The van der Waals surface area contributed by atoms with E-state index in [-0.39, 0.29) is 5.41 Å². The first-order valence-corrected chi connectivity index (χ1v) is 15.8. The lowest BCUT2D eigenvalue weighted by Crippen LogP contribution is -2.25. The van der Waals surface area contributed by atoms with Crippen molar-refractivity contribution in [2.24, 2.45) is 0 Å². The summed E-state index contributed by atoms with van der Waals surface area (Å²) >= 11 is 0. The third-order valence-corrected chi connectivity index (χ3v) is 10.7. The standard InChI is InChI=1S/C44H30/c1-27-24-31-19-18-28-10-2-3-11-33(28)43(31)38-25-29(20-22-32(27)38)30-21-23-37-36-14-6-9-17-41(36)44(42(37)26-30)39-15-7-4-12-34(39)35-13-5-8-16-40(35)44/h2-23,25-27H,24H2,1H3. The summed E-state index contributed by atoms with van der Waals surface area (Å²) in [5.74, 6) is 0.497. The van der Waals surface area contributed by atoms with Crippen molar-refractivity contribution in [1.29, 1.82) is 0 Å². The Labute approximate surface area is 258 Å². The van der Waals surface area contributed by atoms with Crippen molar-refractivity contribution >= 4 is 10.8 Å². The van der Waals surface area contributed by atoms with E-state index >= 15 is 0 Å². The van der Waals surface area contributed by atoms with Crippen LogP contribution in [0.5, 0.6) is 0 Å². The van der Waals surface area contributed by atoms with E-state index in [0.29, 0.717) is 5.92 Å². The number of hydrogen-bond acceptors (Lipinski definition) is 0. The molecule has 0 aliphatic heterocycles. The Balaban J connectivity index is 1.24. The molecule has 0 fully saturated rings. The van der Waals surface area contributed by atoms with Crippen LogP contribution in [-0.2, 0) is 11.8 Å². The maximum Gasteiger partial charge on any atom is 0.0725 e. The van der Waals surface area contributed by atoms with Gasteiger partial charge in [0.25, 0.3) is 0 Å². The van der Waals surface area contributed by atoms with Gasteiger partial charge in [-0.25, -0.2) is 0 Å². The van der Waals surface area contributed by atoms with E-state index < -0.39 is 0 Å². The van der Waals surface area contributed by atoms with E-state index in [1.165, 1.54) is 88.7 Å². The van der Waals surface area contributed by atoms with Crippen LogP contribution in [0.3, 0.4) is 0 Å². The first-order chi connectivity index (χ1) is 21.7. The maximum atomic E-state index is 2.51. The molecule has 0 heterocycles. The molecular weight excluding hydrogens is 528 g/mol. The van der Waals surface area contributed by atoms with E-state index in [2.05, 4.69) is 153 Å². The quantitative estimate of drug-likeness (QED) is 0.188. The lowest BCUT2D eigenvalue weighted by Gasteiger charge is -2.31. The molecule has 0 heteroatoms. The van der Waals surface area contributed by atoms with Crippen LogP contribution in [0.1, 0.15) is 46.2 Å². The van der Waals surface area contributed by atoms with Crippen LogP contribution < -0.4 is 0 Å². The molecule has 0 N–H and O–H groups in total. The fraction of sp³-hybridized carbons (Fsp3) is 0.0909. The number of rotatable bonds is 1. The molecule has 7 aromatic rings. The predicted octanol–water partition coefficient (Wildman–Crippen LogP) is 11.2. The minimum Gasteiger partial charge on any atom is -0.0619 e. The SMILES string of the molecule is CC1Cc2ccc3ccccc3c2-c2cc(-c3ccc4c(c3)C3(c5ccccc5-c5ccccc53)c3ccccc3-4)ccc21. The van der Waals surface area contributed by atoms with Crippen molar-refractivity contribution in [1.82, 2.24) is 0 Å². The van der Waals surface area contributed by atoms with E-state index in [1.807, 2.05) is 0 Å². The van der Waals surface area contributed by atoms with E-state index in [9.17, 15) is 0 Å². The Morgan fingerprint density at radius 2 is 1.05 bits per heavy atom. The van der Waals surface area contributed by atoms with Crippen LogP contribution >= 0.6 is 0 Å². The highest BCUT2D eigenvalue weighted by Gasteiger charge is 2.51. The molecule has 3 aliphatic carbocycles. The number of fused-ring (bicyclic) bond motifs is 15. The molecule has 206 valence electrons. The van der Waals surface area contributed by atoms with Gasteiger partial charge in [0.05, 0.1) is 5.41 Å². The fourth-order valence-electron chi connectivity index (χ4n) is 8.90. The molecule has 3 aliphatic rings. The molecule has 0 bridgehead atoms. The van der Waals surface area contributed by atoms with Crippen molar-refractivity contribution in [3.05, 3.63) is 179 Å². The second kappa shape index (κ2) is 8.68. The average molecular weight is 559 g/mol. The summed E-state index contributed by atoms with van der Waals surface area (Å²) in [6.07, 6.45) is 1.09. The number of hydrogen-bond donors (Lipinski definition) is 0. The molecule has 1 spiro atoms. The first kappa shape index (κ1) is 24.3. The van der Waals surface area contributed by atoms with Crippen molar-refractivity contribution < 1.29 is 0 Å². The molecule has 7 aromatic carbocycles. The van der Waals surface area contributed by atoms with Gasteiger partial charge in [-0.05, 0) is 113 Å². The van der Waals surface area contributed by atoms with Gasteiger partial charge in [-0.2, -0.15) is 0 Å². The lowest BCUT2D eigenvalue weighted by molar-refractivity contribution is 0.750. The maximum absolute atomic E-state index is 2.51. The van der Waals surface area contributed by atoms with E-state index in [1.54, 1.807) is 0 Å². The third-order valence-electron chi connectivity index (χ3n) is 10.7. The molecule has 0 radical (unpaired) electrons. The minimum absolute atomic E-state index is 0.319. The van der Waals surface area contributed by atoms with E-state index in [0.717, 1.165) is 6.42 Å². The molecule has 0 amide bonds. The first-order valence-electron chi connectivity index (χ1n) is 15.8. The fourth-order valence-corrected chi connectivity index (χ4v) is 8.90. The third kappa shape index (κ3) is 2.98. The van der Waals surface area contributed by atoms with Gasteiger partial charge in [0.2, 0.25) is 0 Å². The monoisotopic (exact) mass is 558 g/mol. The van der Waals surface area contributed by atoms with Crippen LogP contribution in [0.4, 0.5) is 0 Å². The number of benzene rings is 7. The van der Waals surface area contributed by atoms with Gasteiger partial charge >= 0.3 is 0 Å².